The summed E-state index contributed by atoms with van der Waals surface area (Å²) in [6.07, 6.45) is 0.896. The van der Waals surface area contributed by atoms with Gasteiger partial charge >= 0.3 is 0 Å². The number of benzene rings is 2. The Morgan fingerprint density at radius 3 is 2.52 bits per heavy atom. The van der Waals surface area contributed by atoms with E-state index in [0.717, 1.165) is 33.8 Å². The van der Waals surface area contributed by atoms with E-state index in [2.05, 4.69) is 18.3 Å². The maximum Gasteiger partial charge on any atom is 0.238 e. The number of para-hydroxylation sites is 1. The van der Waals surface area contributed by atoms with Crippen LogP contribution in [-0.2, 0) is 17.8 Å². The molecule has 1 amide bonds. The zero-order chi connectivity index (χ0) is 16.8. The molecule has 1 N–H and O–H groups in total. The van der Waals surface area contributed by atoms with Gasteiger partial charge < -0.3 is 5.32 Å². The van der Waals surface area contributed by atoms with E-state index in [4.69, 9.17) is 11.6 Å². The van der Waals surface area contributed by atoms with Gasteiger partial charge in [0, 0.05) is 17.3 Å². The quantitative estimate of drug-likeness (QED) is 0.857. The number of halogens is 1. The van der Waals surface area contributed by atoms with Gasteiger partial charge in [-0.25, -0.2) is 0 Å². The number of anilines is 1. The summed E-state index contributed by atoms with van der Waals surface area (Å²) in [5.74, 6) is -0.0106. The van der Waals surface area contributed by atoms with Gasteiger partial charge in [-0.15, -0.1) is 0 Å². The molecule has 4 heteroatoms. The van der Waals surface area contributed by atoms with Crippen LogP contribution in [0.3, 0.4) is 0 Å². The summed E-state index contributed by atoms with van der Waals surface area (Å²) in [7, 11) is 1.92. The van der Waals surface area contributed by atoms with E-state index in [1.165, 1.54) is 0 Å². The molecule has 2 aromatic rings. The Labute approximate surface area is 143 Å². The summed E-state index contributed by atoms with van der Waals surface area (Å²) in [6, 6.07) is 13.8. The first-order valence-electron chi connectivity index (χ1n) is 7.81. The van der Waals surface area contributed by atoms with E-state index in [1.54, 1.807) is 0 Å². The third-order valence-corrected chi connectivity index (χ3v) is 4.18. The Hall–Kier alpha value is -1.84. The molecular weight excluding hydrogens is 308 g/mol. The Kier molecular flexibility index (Phi) is 6.20. The van der Waals surface area contributed by atoms with Crippen molar-refractivity contribution < 1.29 is 4.79 Å². The van der Waals surface area contributed by atoms with Crippen LogP contribution in [0.25, 0.3) is 0 Å². The Morgan fingerprint density at radius 2 is 1.83 bits per heavy atom. The summed E-state index contributed by atoms with van der Waals surface area (Å²) < 4.78 is 0. The monoisotopic (exact) mass is 330 g/mol. The SMILES string of the molecule is CCc1cccc(C)c1NC(=O)CN(C)Cc1ccccc1Cl. The molecule has 0 saturated heterocycles. The number of rotatable bonds is 6. The van der Waals surface area contributed by atoms with E-state index in [0.29, 0.717) is 13.1 Å². The largest absolute Gasteiger partial charge is 0.324 e. The van der Waals surface area contributed by atoms with Gasteiger partial charge in [0.25, 0.3) is 0 Å². The zero-order valence-electron chi connectivity index (χ0n) is 13.9. The average molecular weight is 331 g/mol. The molecule has 3 nitrogen and oxygen atoms in total. The van der Waals surface area contributed by atoms with E-state index in [1.807, 2.05) is 55.3 Å². The number of nitrogens with one attached hydrogen (secondary N) is 1. The van der Waals surface area contributed by atoms with Crippen molar-refractivity contribution in [3.8, 4) is 0 Å². The van der Waals surface area contributed by atoms with E-state index < -0.39 is 0 Å². The molecule has 0 atom stereocenters. The van der Waals surface area contributed by atoms with Crippen LogP contribution in [0.15, 0.2) is 42.5 Å². The van der Waals surface area contributed by atoms with Crippen molar-refractivity contribution in [3.05, 3.63) is 64.2 Å². The van der Waals surface area contributed by atoms with Gasteiger partial charge in [-0.2, -0.15) is 0 Å². The van der Waals surface area contributed by atoms with Crippen LogP contribution in [0.1, 0.15) is 23.6 Å². The predicted octanol–water partition coefficient (Wildman–Crippen LogP) is 4.28. The molecule has 122 valence electrons. The summed E-state index contributed by atoms with van der Waals surface area (Å²) >= 11 is 6.17. The molecule has 0 fully saturated rings. The molecular formula is C19H23ClN2O. The molecule has 0 radical (unpaired) electrons. The van der Waals surface area contributed by atoms with E-state index in [-0.39, 0.29) is 5.91 Å². The second kappa shape index (κ2) is 8.14. The lowest BCUT2D eigenvalue weighted by molar-refractivity contribution is -0.117. The van der Waals surface area contributed by atoms with Crippen molar-refractivity contribution >= 4 is 23.2 Å². The van der Waals surface area contributed by atoms with Gasteiger partial charge in [-0.05, 0) is 43.1 Å². The summed E-state index contributed by atoms with van der Waals surface area (Å²) in [5, 5.41) is 3.78. The van der Waals surface area contributed by atoms with Crippen molar-refractivity contribution in [2.45, 2.75) is 26.8 Å². The normalized spacial score (nSPS) is 10.8. The van der Waals surface area contributed by atoms with Crippen LogP contribution in [-0.4, -0.2) is 24.4 Å². The van der Waals surface area contributed by atoms with Gasteiger partial charge in [-0.3, -0.25) is 9.69 Å². The Bertz CT molecular complexity index is 685. The lowest BCUT2D eigenvalue weighted by Gasteiger charge is -2.18. The summed E-state index contributed by atoms with van der Waals surface area (Å²) in [4.78, 5) is 14.3. The minimum Gasteiger partial charge on any atom is -0.324 e. The van der Waals surface area contributed by atoms with Crippen LogP contribution in [0.5, 0.6) is 0 Å². The van der Waals surface area contributed by atoms with Gasteiger partial charge in [0.2, 0.25) is 5.91 Å². The van der Waals surface area contributed by atoms with Gasteiger partial charge in [-0.1, -0.05) is 54.9 Å². The number of nitrogens with zero attached hydrogens (tertiary/aromatic N) is 1. The van der Waals surface area contributed by atoms with E-state index in [9.17, 15) is 4.79 Å². The van der Waals surface area contributed by atoms with Crippen molar-refractivity contribution in [2.24, 2.45) is 0 Å². The predicted molar refractivity (Wildman–Crippen MR) is 97.0 cm³/mol. The van der Waals surface area contributed by atoms with Crippen LogP contribution in [0.4, 0.5) is 5.69 Å². The fourth-order valence-electron chi connectivity index (χ4n) is 2.60. The topological polar surface area (TPSA) is 32.3 Å². The number of hydrogen-bond acceptors (Lipinski definition) is 2. The summed E-state index contributed by atoms with van der Waals surface area (Å²) in [6.45, 7) is 5.07. The van der Waals surface area contributed by atoms with Crippen LogP contribution in [0.2, 0.25) is 5.02 Å². The minimum absolute atomic E-state index is 0.0106. The number of aryl methyl sites for hydroxylation is 2. The Balaban J connectivity index is 1.99. The van der Waals surface area contributed by atoms with Crippen LogP contribution in [0, 0.1) is 6.92 Å². The summed E-state index contributed by atoms with van der Waals surface area (Å²) in [5.41, 5.74) is 4.21. The number of likely N-dealkylation sites (N-methyl/N-ethyl adjacent to an activating group) is 1. The molecule has 0 aliphatic carbocycles. The number of carbonyl (C=O) groups is 1. The van der Waals surface area contributed by atoms with Gasteiger partial charge in [0.1, 0.15) is 0 Å². The van der Waals surface area contributed by atoms with Gasteiger partial charge in [0.15, 0.2) is 0 Å². The number of carbonyl (C=O) groups excluding carboxylic acids is 1. The molecule has 0 aromatic heterocycles. The highest BCUT2D eigenvalue weighted by Crippen LogP contribution is 2.21. The van der Waals surface area contributed by atoms with Crippen molar-refractivity contribution in [1.29, 1.82) is 0 Å². The van der Waals surface area contributed by atoms with Gasteiger partial charge in [0.05, 0.1) is 6.54 Å². The molecule has 0 heterocycles. The molecule has 0 bridgehead atoms. The Morgan fingerprint density at radius 1 is 1.13 bits per heavy atom. The molecule has 2 aromatic carbocycles. The number of hydrogen-bond donors (Lipinski definition) is 1. The molecule has 0 aliphatic heterocycles. The van der Waals surface area contributed by atoms with Crippen LogP contribution >= 0.6 is 11.6 Å². The highest BCUT2D eigenvalue weighted by Gasteiger charge is 2.12. The lowest BCUT2D eigenvalue weighted by Crippen LogP contribution is -2.30. The second-order valence-electron chi connectivity index (χ2n) is 5.77. The van der Waals surface area contributed by atoms with E-state index >= 15 is 0 Å². The molecule has 2 rings (SSSR count). The first kappa shape index (κ1) is 17.5. The second-order valence-corrected chi connectivity index (χ2v) is 6.18. The van der Waals surface area contributed by atoms with Crippen LogP contribution < -0.4 is 5.32 Å². The molecule has 0 aliphatic rings. The molecule has 23 heavy (non-hydrogen) atoms. The third kappa shape index (κ3) is 4.81. The first-order chi connectivity index (χ1) is 11.0. The molecule has 0 unspecified atom stereocenters. The maximum absolute atomic E-state index is 12.3. The number of amides is 1. The zero-order valence-corrected chi connectivity index (χ0v) is 14.7. The average Bonchev–Trinajstić information content (AvgIpc) is 2.51. The maximum atomic E-state index is 12.3. The lowest BCUT2D eigenvalue weighted by atomic mass is 10.1. The fourth-order valence-corrected chi connectivity index (χ4v) is 2.79. The third-order valence-electron chi connectivity index (χ3n) is 3.82. The fraction of sp³-hybridized carbons (Fsp3) is 0.316. The van der Waals surface area contributed by atoms with Crippen molar-refractivity contribution in [3.63, 3.8) is 0 Å². The molecule has 0 spiro atoms. The standard InChI is InChI=1S/C19H23ClN2O/c1-4-15-10-7-8-14(2)19(15)21-18(23)13-22(3)12-16-9-5-6-11-17(16)20/h5-11H,4,12-13H2,1-3H3,(H,21,23). The van der Waals surface area contributed by atoms with Crippen molar-refractivity contribution in [1.82, 2.24) is 4.90 Å². The highest BCUT2D eigenvalue weighted by atomic mass is 35.5. The smallest absolute Gasteiger partial charge is 0.238 e. The highest BCUT2D eigenvalue weighted by molar-refractivity contribution is 6.31. The minimum atomic E-state index is -0.0106. The van der Waals surface area contributed by atoms with Crippen molar-refractivity contribution in [2.75, 3.05) is 18.9 Å². The first-order valence-corrected chi connectivity index (χ1v) is 8.19. The molecule has 0 saturated carbocycles.